The fraction of sp³-hybridized carbons (Fsp3) is 0.263. The van der Waals surface area contributed by atoms with Crippen molar-refractivity contribution >= 4 is 0 Å². The molecule has 2 aromatic rings. The predicted molar refractivity (Wildman–Crippen MR) is 81.0 cm³/mol. The van der Waals surface area contributed by atoms with E-state index in [1.165, 1.54) is 30.4 Å². The van der Waals surface area contributed by atoms with Crippen LogP contribution in [-0.2, 0) is 12.8 Å². The van der Waals surface area contributed by atoms with Crippen LogP contribution in [0, 0.1) is 11.8 Å². The lowest BCUT2D eigenvalue weighted by atomic mass is 9.85. The molecular formula is C19H20. The third kappa shape index (κ3) is 3.14. The highest BCUT2D eigenvalue weighted by Crippen LogP contribution is 2.31. The number of hydrogen-bond acceptors (Lipinski definition) is 0. The Bertz CT molecular complexity index is 524. The molecule has 0 amide bonds. The molecule has 0 spiro atoms. The zero-order valence-corrected chi connectivity index (χ0v) is 11.2. The molecule has 0 N–H and O–H groups in total. The number of benzene rings is 2. The van der Waals surface area contributed by atoms with Gasteiger partial charge in [0.05, 0.1) is 0 Å². The molecule has 1 aliphatic carbocycles. The summed E-state index contributed by atoms with van der Waals surface area (Å²) in [6.45, 7) is 0. The van der Waals surface area contributed by atoms with Gasteiger partial charge >= 0.3 is 0 Å². The van der Waals surface area contributed by atoms with Gasteiger partial charge in [-0.3, -0.25) is 0 Å². The monoisotopic (exact) mass is 248 g/mol. The molecule has 0 heterocycles. The van der Waals surface area contributed by atoms with Crippen LogP contribution in [-0.4, -0.2) is 0 Å². The SMILES string of the molecule is C1=CC(Cc2ccccc2)C(Cc2ccccc2)C1. The quantitative estimate of drug-likeness (QED) is 0.690. The van der Waals surface area contributed by atoms with E-state index in [1.54, 1.807) is 0 Å². The predicted octanol–water partition coefficient (Wildman–Crippen LogP) is 4.66. The summed E-state index contributed by atoms with van der Waals surface area (Å²) < 4.78 is 0. The lowest BCUT2D eigenvalue weighted by molar-refractivity contribution is 0.419. The van der Waals surface area contributed by atoms with Crippen LogP contribution in [0.1, 0.15) is 17.5 Å². The fourth-order valence-electron chi connectivity index (χ4n) is 3.03. The second-order valence-electron chi connectivity index (χ2n) is 5.47. The third-order valence-electron chi connectivity index (χ3n) is 4.08. The molecule has 0 nitrogen and oxygen atoms in total. The van der Waals surface area contributed by atoms with Gasteiger partial charge in [-0.05, 0) is 42.2 Å². The second kappa shape index (κ2) is 5.88. The number of rotatable bonds is 4. The zero-order valence-electron chi connectivity index (χ0n) is 11.2. The van der Waals surface area contributed by atoms with Crippen molar-refractivity contribution in [3.05, 3.63) is 83.9 Å². The van der Waals surface area contributed by atoms with Crippen LogP contribution in [0.4, 0.5) is 0 Å². The summed E-state index contributed by atoms with van der Waals surface area (Å²) >= 11 is 0. The molecule has 0 fully saturated rings. The van der Waals surface area contributed by atoms with Gasteiger partial charge in [-0.25, -0.2) is 0 Å². The summed E-state index contributed by atoms with van der Waals surface area (Å²) in [7, 11) is 0. The van der Waals surface area contributed by atoms with Crippen molar-refractivity contribution in [2.75, 3.05) is 0 Å². The first-order chi connectivity index (χ1) is 9.42. The van der Waals surface area contributed by atoms with Crippen LogP contribution in [0.25, 0.3) is 0 Å². The highest BCUT2D eigenvalue weighted by molar-refractivity contribution is 5.20. The van der Waals surface area contributed by atoms with E-state index in [-0.39, 0.29) is 0 Å². The summed E-state index contributed by atoms with van der Waals surface area (Å²) in [4.78, 5) is 0. The fourth-order valence-corrected chi connectivity index (χ4v) is 3.03. The molecule has 2 unspecified atom stereocenters. The van der Waals surface area contributed by atoms with Gasteiger partial charge in [0.15, 0.2) is 0 Å². The molecule has 0 bridgehead atoms. The van der Waals surface area contributed by atoms with E-state index in [4.69, 9.17) is 0 Å². The first-order valence-corrected chi connectivity index (χ1v) is 7.16. The topological polar surface area (TPSA) is 0 Å². The zero-order chi connectivity index (χ0) is 12.9. The Kier molecular flexibility index (Phi) is 3.78. The maximum absolute atomic E-state index is 2.42. The average molecular weight is 248 g/mol. The summed E-state index contributed by atoms with van der Waals surface area (Å²) in [6, 6.07) is 21.7. The van der Waals surface area contributed by atoms with Crippen LogP contribution in [0.15, 0.2) is 72.8 Å². The summed E-state index contributed by atoms with van der Waals surface area (Å²) in [5, 5.41) is 0. The molecule has 0 radical (unpaired) electrons. The first-order valence-electron chi connectivity index (χ1n) is 7.16. The Morgan fingerprint density at radius 3 is 1.95 bits per heavy atom. The average Bonchev–Trinajstić information content (AvgIpc) is 2.88. The highest BCUT2D eigenvalue weighted by atomic mass is 14.3. The molecule has 2 aromatic carbocycles. The molecule has 1 aliphatic rings. The molecule has 0 aliphatic heterocycles. The van der Waals surface area contributed by atoms with E-state index >= 15 is 0 Å². The molecule has 3 rings (SSSR count). The molecule has 0 aromatic heterocycles. The lowest BCUT2D eigenvalue weighted by Crippen LogP contribution is -2.13. The number of hydrogen-bond donors (Lipinski definition) is 0. The van der Waals surface area contributed by atoms with Gasteiger partial charge in [-0.2, -0.15) is 0 Å². The smallest absolute Gasteiger partial charge is 0.0159 e. The normalized spacial score (nSPS) is 21.7. The van der Waals surface area contributed by atoms with Gasteiger partial charge in [0.25, 0.3) is 0 Å². The van der Waals surface area contributed by atoms with Gasteiger partial charge in [0.1, 0.15) is 0 Å². The van der Waals surface area contributed by atoms with E-state index in [9.17, 15) is 0 Å². The second-order valence-corrected chi connectivity index (χ2v) is 5.47. The van der Waals surface area contributed by atoms with Crippen LogP contribution < -0.4 is 0 Å². The van der Waals surface area contributed by atoms with E-state index < -0.39 is 0 Å². The van der Waals surface area contributed by atoms with Crippen LogP contribution in [0.3, 0.4) is 0 Å². The van der Waals surface area contributed by atoms with Gasteiger partial charge < -0.3 is 0 Å². The lowest BCUT2D eigenvalue weighted by Gasteiger charge is -2.19. The molecule has 19 heavy (non-hydrogen) atoms. The van der Waals surface area contributed by atoms with E-state index in [2.05, 4.69) is 72.8 Å². The first kappa shape index (κ1) is 12.2. The Hall–Kier alpha value is -1.82. The van der Waals surface area contributed by atoms with Gasteiger partial charge in [-0.1, -0.05) is 72.8 Å². The van der Waals surface area contributed by atoms with Gasteiger partial charge in [-0.15, -0.1) is 0 Å². The molecule has 96 valence electrons. The van der Waals surface area contributed by atoms with E-state index in [0.717, 1.165) is 5.92 Å². The van der Waals surface area contributed by atoms with Crippen molar-refractivity contribution in [3.8, 4) is 0 Å². The minimum atomic E-state index is 0.697. The van der Waals surface area contributed by atoms with Crippen molar-refractivity contribution in [2.24, 2.45) is 11.8 Å². The number of allylic oxidation sites excluding steroid dienone is 2. The third-order valence-corrected chi connectivity index (χ3v) is 4.08. The molecule has 0 heteroatoms. The van der Waals surface area contributed by atoms with Crippen molar-refractivity contribution in [2.45, 2.75) is 19.3 Å². The molecule has 2 atom stereocenters. The van der Waals surface area contributed by atoms with E-state index in [1.807, 2.05) is 0 Å². The van der Waals surface area contributed by atoms with Crippen molar-refractivity contribution in [3.63, 3.8) is 0 Å². The maximum atomic E-state index is 2.42. The highest BCUT2D eigenvalue weighted by Gasteiger charge is 2.22. The Balaban J connectivity index is 1.66. The van der Waals surface area contributed by atoms with Crippen LogP contribution in [0.2, 0.25) is 0 Å². The van der Waals surface area contributed by atoms with Crippen molar-refractivity contribution in [1.29, 1.82) is 0 Å². The van der Waals surface area contributed by atoms with Crippen molar-refractivity contribution in [1.82, 2.24) is 0 Å². The summed E-state index contributed by atoms with van der Waals surface area (Å²) in [5.74, 6) is 1.46. The molecular weight excluding hydrogens is 228 g/mol. The van der Waals surface area contributed by atoms with Crippen LogP contribution in [0.5, 0.6) is 0 Å². The summed E-state index contributed by atoms with van der Waals surface area (Å²) in [5.41, 5.74) is 2.92. The largest absolute Gasteiger partial charge is 0.0879 e. The summed E-state index contributed by atoms with van der Waals surface area (Å²) in [6.07, 6.45) is 8.38. The Labute approximate surface area is 115 Å². The Morgan fingerprint density at radius 1 is 0.737 bits per heavy atom. The van der Waals surface area contributed by atoms with Crippen LogP contribution >= 0.6 is 0 Å². The van der Waals surface area contributed by atoms with Gasteiger partial charge in [0, 0.05) is 0 Å². The van der Waals surface area contributed by atoms with Crippen molar-refractivity contribution < 1.29 is 0 Å². The minimum Gasteiger partial charge on any atom is -0.0879 e. The maximum Gasteiger partial charge on any atom is -0.0159 e. The molecule has 0 saturated carbocycles. The molecule has 0 saturated heterocycles. The van der Waals surface area contributed by atoms with E-state index in [0.29, 0.717) is 5.92 Å². The minimum absolute atomic E-state index is 0.697. The standard InChI is InChI=1S/C19H20/c1-3-8-16(9-4-1)14-18-12-7-13-19(18)15-17-10-5-2-6-11-17/h1-12,18-19H,13-15H2. The Morgan fingerprint density at radius 2 is 1.32 bits per heavy atom. The van der Waals surface area contributed by atoms with Gasteiger partial charge in [0.2, 0.25) is 0 Å².